The second-order valence-electron chi connectivity index (χ2n) is 4.58. The van der Waals surface area contributed by atoms with Crippen LogP contribution < -0.4 is 4.90 Å². The Balaban J connectivity index is 0.000000270. The summed E-state index contributed by atoms with van der Waals surface area (Å²) in [5.41, 5.74) is 1.51. The average Bonchev–Trinajstić information content (AvgIpc) is 2.77. The molecule has 0 radical (unpaired) electrons. The summed E-state index contributed by atoms with van der Waals surface area (Å²) >= 11 is 0. The predicted molar refractivity (Wildman–Crippen MR) is 68.7 cm³/mol. The topological polar surface area (TPSA) is 44.3 Å². The molecule has 0 amide bonds. The first-order valence-corrected chi connectivity index (χ1v) is 7.92. The van der Waals surface area contributed by atoms with Crippen LogP contribution in [0.25, 0.3) is 4.98 Å². The summed E-state index contributed by atoms with van der Waals surface area (Å²) in [7, 11) is -10.7. The number of hydrogen-bond acceptors (Lipinski definition) is 3. The molecule has 1 aliphatic rings. The van der Waals surface area contributed by atoms with Crippen LogP contribution in [0.5, 0.6) is 0 Å². The number of pyridine rings is 1. The third-order valence-electron chi connectivity index (χ3n) is 2.61. The molecule has 11 heteroatoms. The molecule has 0 atom stereocenters. The van der Waals surface area contributed by atoms with E-state index < -0.39 is 7.81 Å². The molecule has 1 fully saturated rings. The van der Waals surface area contributed by atoms with Crippen molar-refractivity contribution in [1.29, 1.82) is 5.39 Å². The number of aromatic nitrogens is 1. The molecule has 0 unspecified atom stereocenters. The zero-order valence-corrected chi connectivity index (χ0v) is 11.9. The van der Waals surface area contributed by atoms with Crippen LogP contribution in [0, 0.1) is 12.3 Å². The van der Waals surface area contributed by atoms with Crippen molar-refractivity contribution in [2.75, 3.05) is 18.0 Å². The van der Waals surface area contributed by atoms with E-state index in [2.05, 4.69) is 14.9 Å². The van der Waals surface area contributed by atoms with Crippen LogP contribution in [-0.2, 0) is 0 Å². The molecule has 0 N–H and O–H groups in total. The van der Waals surface area contributed by atoms with Crippen LogP contribution in [-0.4, -0.2) is 18.1 Å². The van der Waals surface area contributed by atoms with Crippen LogP contribution in [0.2, 0.25) is 0 Å². The molecule has 2 heterocycles. The van der Waals surface area contributed by atoms with Gasteiger partial charge in [0.1, 0.15) is 12.0 Å². The quantitative estimate of drug-likeness (QED) is 0.367. The normalized spacial score (nSPS) is 18.1. The molecule has 0 aromatic carbocycles. The fourth-order valence-electron chi connectivity index (χ4n) is 1.76. The molecule has 21 heavy (non-hydrogen) atoms. The van der Waals surface area contributed by atoms with Gasteiger partial charge < -0.3 is 4.90 Å². The Morgan fingerprint density at radius 3 is 2.00 bits per heavy atom. The van der Waals surface area contributed by atoms with E-state index >= 15 is 0 Å². The Bertz CT molecular complexity index is 547. The van der Waals surface area contributed by atoms with Gasteiger partial charge in [0.05, 0.1) is 0 Å². The summed E-state index contributed by atoms with van der Waals surface area (Å²) in [6.07, 6.45) is 4.10. The van der Waals surface area contributed by atoms with Crippen LogP contribution in [0.15, 0.2) is 12.3 Å². The third kappa shape index (κ3) is 8.30. The molecule has 0 aliphatic carbocycles. The molecule has 1 aromatic rings. The Labute approximate surface area is 116 Å². The van der Waals surface area contributed by atoms with Crippen LogP contribution in [0.4, 0.5) is 36.7 Å². The van der Waals surface area contributed by atoms with Gasteiger partial charge in [-0.05, 0) is 25.8 Å². The number of hydrogen-bond donors (Lipinski definition) is 0. The van der Waals surface area contributed by atoms with Crippen LogP contribution in [0.3, 0.4) is 0 Å². The van der Waals surface area contributed by atoms with Crippen molar-refractivity contribution in [1.82, 2.24) is 4.98 Å². The van der Waals surface area contributed by atoms with Crippen molar-refractivity contribution in [3.05, 3.63) is 22.8 Å². The van der Waals surface area contributed by atoms with Gasteiger partial charge in [0, 0.05) is 18.7 Å². The molecule has 0 saturated carbocycles. The summed E-state index contributed by atoms with van der Waals surface area (Å²) in [6.45, 7) is 4.10. The molecule has 0 bridgehead atoms. The molecule has 1 aromatic heterocycles. The maximum absolute atomic E-state index is 10.7. The van der Waals surface area contributed by atoms with E-state index in [1.165, 1.54) is 12.8 Å². The molecule has 120 valence electrons. The molecule has 1 saturated heterocycles. The van der Waals surface area contributed by atoms with Crippen molar-refractivity contribution < 1.29 is 25.2 Å². The number of anilines is 1. The minimum atomic E-state index is -10.7. The zero-order chi connectivity index (χ0) is 16.4. The van der Waals surface area contributed by atoms with Gasteiger partial charge in [-0.1, -0.05) is 0 Å². The van der Waals surface area contributed by atoms with E-state index in [9.17, 15) is 25.2 Å². The van der Waals surface area contributed by atoms with Gasteiger partial charge in [-0.2, -0.15) is 0 Å². The fourth-order valence-corrected chi connectivity index (χ4v) is 1.76. The summed E-state index contributed by atoms with van der Waals surface area (Å²) in [4.78, 5) is 9.68. The number of halogens is 6. The first-order chi connectivity index (χ1) is 9.26. The second kappa shape index (κ2) is 4.98. The first kappa shape index (κ1) is 17.4. The number of aryl methyl sites for hydroxylation is 1. The first-order valence-electron chi connectivity index (χ1n) is 5.89. The Morgan fingerprint density at radius 2 is 1.62 bits per heavy atom. The van der Waals surface area contributed by atoms with Crippen molar-refractivity contribution >= 4 is 19.3 Å². The zero-order valence-electron chi connectivity index (χ0n) is 11.0. The molecule has 1 aliphatic heterocycles. The van der Waals surface area contributed by atoms with Crippen molar-refractivity contribution in [3.8, 4) is 0 Å². The van der Waals surface area contributed by atoms with Crippen molar-refractivity contribution in [2.24, 2.45) is 0 Å². The fraction of sp³-hybridized carbons (Fsp3) is 0.500. The SMILES string of the molecule is Cc1cc(N2CCCC2)ncc1[N+]#N.F[P-](F)(F)(F)(F)F. The summed E-state index contributed by atoms with van der Waals surface area (Å²) < 4.78 is 59.2. The minimum absolute atomic E-state index is 0.549. The van der Waals surface area contributed by atoms with Gasteiger partial charge in [0.25, 0.3) is 0 Å². The Hall–Kier alpha value is -1.62. The van der Waals surface area contributed by atoms with Crippen molar-refractivity contribution in [3.63, 3.8) is 0 Å². The van der Waals surface area contributed by atoms with E-state index in [0.717, 1.165) is 24.5 Å². The molecule has 4 nitrogen and oxygen atoms in total. The van der Waals surface area contributed by atoms with Crippen LogP contribution in [0.1, 0.15) is 18.4 Å². The standard InChI is InChI=1S/C10H13N4.F6P/c1-8-6-10(12-7-9(8)13-11)14-4-2-3-5-14;1-7(2,3,4,5)6/h6-7H,2-5H2,1H3;/q+1;-1. The predicted octanol–water partition coefficient (Wildman–Crippen LogP) is 5.86. The van der Waals surface area contributed by atoms with Gasteiger partial charge in [0.15, 0.2) is 4.98 Å². The van der Waals surface area contributed by atoms with Crippen LogP contribution >= 0.6 is 7.81 Å². The summed E-state index contributed by atoms with van der Waals surface area (Å²) in [5, 5.41) is 8.65. The number of diazo groups is 1. The van der Waals surface area contributed by atoms with E-state index in [0.29, 0.717) is 5.69 Å². The third-order valence-corrected chi connectivity index (χ3v) is 2.61. The van der Waals surface area contributed by atoms with Gasteiger partial charge in [-0.15, -0.1) is 0 Å². The second-order valence-corrected chi connectivity index (χ2v) is 6.50. The summed E-state index contributed by atoms with van der Waals surface area (Å²) in [5.74, 6) is 0.993. The van der Waals surface area contributed by atoms with Gasteiger partial charge >= 0.3 is 38.7 Å². The van der Waals surface area contributed by atoms with Gasteiger partial charge in [-0.25, -0.2) is 4.98 Å². The van der Waals surface area contributed by atoms with E-state index in [1.54, 1.807) is 6.20 Å². The summed E-state index contributed by atoms with van der Waals surface area (Å²) in [6, 6.07) is 1.97. The van der Waals surface area contributed by atoms with Crippen molar-refractivity contribution in [2.45, 2.75) is 19.8 Å². The van der Waals surface area contributed by atoms with E-state index in [1.807, 2.05) is 13.0 Å². The Morgan fingerprint density at radius 1 is 1.14 bits per heavy atom. The van der Waals surface area contributed by atoms with Gasteiger partial charge in [0.2, 0.25) is 5.39 Å². The molecule has 2 rings (SSSR count). The maximum atomic E-state index is 9.87. The molecular weight excluding hydrogens is 321 g/mol. The molecular formula is C10H13F6N4P. The van der Waals surface area contributed by atoms with Gasteiger partial charge in [-0.3, -0.25) is 0 Å². The van der Waals surface area contributed by atoms with E-state index in [4.69, 9.17) is 5.39 Å². The Kier molecular flexibility index (Phi) is 4.14. The molecule has 0 spiro atoms. The average molecular weight is 334 g/mol. The number of rotatable bonds is 1. The van der Waals surface area contributed by atoms with E-state index in [-0.39, 0.29) is 0 Å². The monoisotopic (exact) mass is 334 g/mol. The number of nitrogens with zero attached hydrogens (tertiary/aromatic N) is 4.